The summed E-state index contributed by atoms with van der Waals surface area (Å²) < 4.78 is 30.2. The highest BCUT2D eigenvalue weighted by molar-refractivity contribution is 7.89. The predicted molar refractivity (Wildman–Crippen MR) is 68.8 cm³/mol. The van der Waals surface area contributed by atoms with Gasteiger partial charge in [0.25, 0.3) is 10.0 Å². The van der Waals surface area contributed by atoms with Gasteiger partial charge in [0.1, 0.15) is 12.3 Å². The van der Waals surface area contributed by atoms with Crippen LogP contribution in [0, 0.1) is 6.92 Å². The van der Waals surface area contributed by atoms with Crippen molar-refractivity contribution in [2.75, 3.05) is 6.61 Å². The average molecular weight is 279 g/mol. The molecule has 0 saturated carbocycles. The van der Waals surface area contributed by atoms with Crippen molar-refractivity contribution in [3.63, 3.8) is 0 Å². The molecule has 2 rings (SSSR count). The molecule has 100 valence electrons. The van der Waals surface area contributed by atoms with Gasteiger partial charge in [0.15, 0.2) is 0 Å². The summed E-state index contributed by atoms with van der Waals surface area (Å²) in [7, 11) is -3.94. The first-order valence-electron chi connectivity index (χ1n) is 5.66. The Hall–Kier alpha value is -2.04. The Morgan fingerprint density at radius 3 is 2.53 bits per heavy atom. The monoisotopic (exact) mass is 279 g/mol. The lowest BCUT2D eigenvalue weighted by molar-refractivity contribution is 0.170. The fourth-order valence-electron chi connectivity index (χ4n) is 1.68. The largest absolute Gasteiger partial charge is 0.441 e. The topological polar surface area (TPSA) is 63.7 Å². The molecule has 0 atom stereocenters. The van der Waals surface area contributed by atoms with E-state index in [1.807, 2.05) is 6.92 Å². The molecule has 0 bridgehead atoms. The molecule has 6 heteroatoms. The molecular weight excluding hydrogens is 266 g/mol. The van der Waals surface area contributed by atoms with Gasteiger partial charge in [-0.2, -0.15) is 4.31 Å². The summed E-state index contributed by atoms with van der Waals surface area (Å²) in [5.41, 5.74) is 3.83. The highest BCUT2D eigenvalue weighted by Crippen LogP contribution is 2.25. The zero-order valence-corrected chi connectivity index (χ0v) is 11.4. The van der Waals surface area contributed by atoms with Crippen LogP contribution >= 0.6 is 0 Å². The van der Waals surface area contributed by atoms with Crippen LogP contribution in [0.15, 0.2) is 46.7 Å². The first kappa shape index (κ1) is 13.4. The minimum absolute atomic E-state index is 0.0485. The molecular formula is C13H13NO4S. The van der Waals surface area contributed by atoms with E-state index in [0.29, 0.717) is 4.31 Å². The van der Waals surface area contributed by atoms with E-state index >= 15 is 0 Å². The molecule has 1 aromatic rings. The molecule has 1 aromatic carbocycles. The number of hydrogen-bond acceptors (Lipinski definition) is 4. The van der Waals surface area contributed by atoms with Crippen molar-refractivity contribution < 1.29 is 17.9 Å². The number of cyclic esters (lactones) is 1. The molecule has 5 nitrogen and oxygen atoms in total. The molecule has 1 saturated heterocycles. The lowest BCUT2D eigenvalue weighted by Crippen LogP contribution is -2.30. The van der Waals surface area contributed by atoms with Gasteiger partial charge in [-0.1, -0.05) is 23.4 Å². The van der Waals surface area contributed by atoms with Crippen molar-refractivity contribution in [2.24, 2.45) is 0 Å². The second kappa shape index (κ2) is 4.91. The van der Waals surface area contributed by atoms with Crippen LogP contribution in [0.25, 0.3) is 0 Å². The lowest BCUT2D eigenvalue weighted by Gasteiger charge is -2.14. The first-order chi connectivity index (χ1) is 8.96. The maximum atomic E-state index is 12.4. The standard InChI is InChI=1S/C13H13NO4S/c1-3-4-11-9-18-13(15)14(11)19(16,17)12-7-5-10(2)6-8-12/h3,5-8H,9H2,1-2H3. The summed E-state index contributed by atoms with van der Waals surface area (Å²) in [6.45, 7) is 3.45. The third-order valence-corrected chi connectivity index (χ3v) is 4.33. The lowest BCUT2D eigenvalue weighted by atomic mass is 10.2. The summed E-state index contributed by atoms with van der Waals surface area (Å²) in [6.07, 6.45) is 0.638. The van der Waals surface area contributed by atoms with Crippen LogP contribution in [0.4, 0.5) is 4.79 Å². The van der Waals surface area contributed by atoms with Crippen molar-refractivity contribution in [2.45, 2.75) is 18.7 Å². The molecule has 0 unspecified atom stereocenters. The quantitative estimate of drug-likeness (QED) is 0.778. The van der Waals surface area contributed by atoms with Crippen LogP contribution in [0.5, 0.6) is 0 Å². The molecule has 0 aliphatic carbocycles. The van der Waals surface area contributed by atoms with Gasteiger partial charge in [-0.15, -0.1) is 0 Å². The zero-order valence-electron chi connectivity index (χ0n) is 10.6. The number of amides is 1. The van der Waals surface area contributed by atoms with Gasteiger partial charge in [-0.25, -0.2) is 13.2 Å². The fraction of sp³-hybridized carbons (Fsp3) is 0.231. The molecule has 0 aromatic heterocycles. The number of rotatable bonds is 2. The number of carbonyl (C=O) groups excluding carboxylic acids is 1. The van der Waals surface area contributed by atoms with Crippen molar-refractivity contribution in [1.82, 2.24) is 4.31 Å². The number of aryl methyl sites for hydroxylation is 1. The van der Waals surface area contributed by atoms with Crippen LogP contribution in [0.3, 0.4) is 0 Å². The minimum atomic E-state index is -3.94. The number of carbonyl (C=O) groups is 1. The van der Waals surface area contributed by atoms with Crippen molar-refractivity contribution >= 4 is 16.1 Å². The van der Waals surface area contributed by atoms with Gasteiger partial charge >= 0.3 is 6.09 Å². The number of ether oxygens (including phenoxy) is 1. The van der Waals surface area contributed by atoms with E-state index in [2.05, 4.69) is 5.73 Å². The molecule has 1 fully saturated rings. The maximum absolute atomic E-state index is 12.4. The van der Waals surface area contributed by atoms with E-state index in [9.17, 15) is 13.2 Å². The summed E-state index contributed by atoms with van der Waals surface area (Å²) in [5, 5.41) is 0. The summed E-state index contributed by atoms with van der Waals surface area (Å²) in [5.74, 6) is 0. The van der Waals surface area contributed by atoms with Crippen molar-refractivity contribution in [3.05, 3.63) is 47.3 Å². The Balaban J connectivity index is 2.52. The molecule has 0 N–H and O–H groups in total. The Kier molecular flexibility index (Phi) is 3.46. The van der Waals surface area contributed by atoms with E-state index in [1.165, 1.54) is 18.2 Å². The molecule has 1 aliphatic heterocycles. The Morgan fingerprint density at radius 1 is 1.32 bits per heavy atom. The van der Waals surface area contributed by atoms with Crippen LogP contribution in [-0.4, -0.2) is 25.4 Å². The molecule has 1 heterocycles. The highest BCUT2D eigenvalue weighted by atomic mass is 32.2. The fourth-order valence-corrected chi connectivity index (χ4v) is 3.02. The van der Waals surface area contributed by atoms with Gasteiger partial charge in [0.2, 0.25) is 0 Å². The van der Waals surface area contributed by atoms with Gasteiger partial charge in [0, 0.05) is 0 Å². The summed E-state index contributed by atoms with van der Waals surface area (Å²) >= 11 is 0. The Labute approximate surface area is 111 Å². The third-order valence-electron chi connectivity index (χ3n) is 2.61. The number of sulfonamides is 1. The number of benzene rings is 1. The number of hydrogen-bond donors (Lipinski definition) is 0. The van der Waals surface area contributed by atoms with Crippen LogP contribution in [0.1, 0.15) is 12.5 Å². The first-order valence-corrected chi connectivity index (χ1v) is 7.10. The van der Waals surface area contributed by atoms with E-state index in [4.69, 9.17) is 4.74 Å². The third kappa shape index (κ3) is 2.41. The molecule has 1 aliphatic rings. The molecule has 1 amide bonds. The number of nitrogens with zero attached hydrogens (tertiary/aromatic N) is 1. The summed E-state index contributed by atoms with van der Waals surface area (Å²) in [4.78, 5) is 11.6. The van der Waals surface area contributed by atoms with Crippen molar-refractivity contribution in [3.8, 4) is 0 Å². The van der Waals surface area contributed by atoms with E-state index < -0.39 is 16.1 Å². The van der Waals surface area contributed by atoms with Gasteiger partial charge < -0.3 is 4.74 Å². The second-order valence-electron chi connectivity index (χ2n) is 4.02. The van der Waals surface area contributed by atoms with Crippen molar-refractivity contribution in [1.29, 1.82) is 0 Å². The smallest absolute Gasteiger partial charge is 0.429 e. The Morgan fingerprint density at radius 2 is 1.95 bits per heavy atom. The molecule has 0 spiro atoms. The molecule has 0 radical (unpaired) electrons. The maximum Gasteiger partial charge on any atom is 0.429 e. The van der Waals surface area contributed by atoms with Crippen LogP contribution in [-0.2, 0) is 14.8 Å². The Bertz CT molecular complexity index is 667. The second-order valence-corrected chi connectivity index (χ2v) is 5.80. The normalized spacial score (nSPS) is 15.2. The molecule has 19 heavy (non-hydrogen) atoms. The van der Waals surface area contributed by atoms with Gasteiger partial charge in [-0.05, 0) is 32.1 Å². The highest BCUT2D eigenvalue weighted by Gasteiger charge is 2.39. The SMILES string of the molecule is CC=C=C1COC(=O)N1S(=O)(=O)c1ccc(C)cc1. The summed E-state index contributed by atoms with van der Waals surface area (Å²) in [6, 6.07) is 6.27. The van der Waals surface area contributed by atoms with E-state index in [-0.39, 0.29) is 17.2 Å². The van der Waals surface area contributed by atoms with Gasteiger partial charge in [0.05, 0.1) is 4.90 Å². The predicted octanol–water partition coefficient (Wildman–Crippen LogP) is 2.19. The van der Waals surface area contributed by atoms with Gasteiger partial charge in [-0.3, -0.25) is 0 Å². The minimum Gasteiger partial charge on any atom is -0.441 e. The van der Waals surface area contributed by atoms with E-state index in [1.54, 1.807) is 19.1 Å². The average Bonchev–Trinajstić information content (AvgIpc) is 2.72. The van der Waals surface area contributed by atoms with Crippen LogP contribution in [0.2, 0.25) is 0 Å². The van der Waals surface area contributed by atoms with E-state index in [0.717, 1.165) is 5.56 Å². The van der Waals surface area contributed by atoms with Crippen LogP contribution < -0.4 is 0 Å². The zero-order chi connectivity index (χ0) is 14.0.